The molecule has 1 fully saturated rings. The Morgan fingerprint density at radius 3 is 2.41 bits per heavy atom. The lowest BCUT2D eigenvalue weighted by Gasteiger charge is -2.34. The summed E-state index contributed by atoms with van der Waals surface area (Å²) in [6, 6.07) is 8.02. The molecule has 1 aromatic carbocycles. The van der Waals surface area contributed by atoms with Crippen LogP contribution in [-0.2, 0) is 4.79 Å². The molecule has 3 rings (SSSR count). The lowest BCUT2D eigenvalue weighted by molar-refractivity contribution is -0.123. The molecule has 2 aromatic rings. The third-order valence-electron chi connectivity index (χ3n) is 5.51. The highest BCUT2D eigenvalue weighted by molar-refractivity contribution is 6.33. The molecule has 0 aliphatic carbocycles. The fourth-order valence-electron chi connectivity index (χ4n) is 3.65. The fraction of sp³-hybridized carbons (Fsp3) is 0.478. The van der Waals surface area contributed by atoms with Crippen molar-refractivity contribution in [3.05, 3.63) is 53.3 Å². The van der Waals surface area contributed by atoms with Crippen LogP contribution in [0.15, 0.2) is 42.7 Å². The number of hydrogen-bond acceptors (Lipinski definition) is 6. The molecule has 1 aliphatic rings. The van der Waals surface area contributed by atoms with Crippen LogP contribution in [0, 0.1) is 5.92 Å². The highest BCUT2D eigenvalue weighted by Crippen LogP contribution is 2.15. The highest BCUT2D eigenvalue weighted by Gasteiger charge is 2.25. The van der Waals surface area contributed by atoms with E-state index in [0.717, 1.165) is 45.1 Å². The third kappa shape index (κ3) is 6.64. The van der Waals surface area contributed by atoms with Gasteiger partial charge in [-0.2, -0.15) is 0 Å². The van der Waals surface area contributed by atoms with Crippen molar-refractivity contribution in [2.24, 2.45) is 5.92 Å². The number of nitrogens with zero attached hydrogens (tertiary/aromatic N) is 4. The van der Waals surface area contributed by atoms with Gasteiger partial charge in [0.1, 0.15) is 6.04 Å². The van der Waals surface area contributed by atoms with Crippen LogP contribution < -0.4 is 15.5 Å². The quantitative estimate of drug-likeness (QED) is 0.560. The molecule has 1 aliphatic heterocycles. The molecule has 1 unspecified atom stereocenters. The number of anilines is 1. The number of carbonyl (C=O) groups is 2. The van der Waals surface area contributed by atoms with Crippen molar-refractivity contribution in [3.63, 3.8) is 0 Å². The van der Waals surface area contributed by atoms with Gasteiger partial charge in [-0.05, 0) is 37.1 Å². The third-order valence-corrected chi connectivity index (χ3v) is 5.84. The summed E-state index contributed by atoms with van der Waals surface area (Å²) in [6.45, 7) is 8.94. The summed E-state index contributed by atoms with van der Waals surface area (Å²) in [7, 11) is 0. The van der Waals surface area contributed by atoms with Crippen LogP contribution in [0.1, 0.15) is 30.6 Å². The van der Waals surface area contributed by atoms with Crippen LogP contribution in [-0.4, -0.2) is 72.0 Å². The Balaban J connectivity index is 1.39. The number of piperazine rings is 1. The molecule has 8 nitrogen and oxygen atoms in total. The van der Waals surface area contributed by atoms with Gasteiger partial charge in [0.05, 0.1) is 10.6 Å². The summed E-state index contributed by atoms with van der Waals surface area (Å²) in [5, 5.41) is 6.15. The second kappa shape index (κ2) is 11.8. The van der Waals surface area contributed by atoms with E-state index in [9.17, 15) is 9.59 Å². The Morgan fingerprint density at radius 2 is 1.75 bits per heavy atom. The monoisotopic (exact) mass is 458 g/mol. The second-order valence-electron chi connectivity index (χ2n) is 8.20. The molecule has 1 saturated heterocycles. The maximum atomic E-state index is 12.7. The predicted molar refractivity (Wildman–Crippen MR) is 126 cm³/mol. The van der Waals surface area contributed by atoms with Crippen LogP contribution in [0.2, 0.25) is 5.02 Å². The van der Waals surface area contributed by atoms with Crippen LogP contribution >= 0.6 is 11.6 Å². The zero-order chi connectivity index (χ0) is 22.9. The fourth-order valence-corrected chi connectivity index (χ4v) is 3.87. The number of amides is 2. The van der Waals surface area contributed by atoms with Crippen LogP contribution in [0.25, 0.3) is 0 Å². The normalized spacial score (nSPS) is 15.4. The molecule has 172 valence electrons. The molecule has 2 amide bonds. The second-order valence-corrected chi connectivity index (χ2v) is 8.60. The van der Waals surface area contributed by atoms with E-state index in [4.69, 9.17) is 11.6 Å². The van der Waals surface area contributed by atoms with E-state index in [2.05, 4.69) is 30.4 Å². The molecular formula is C23H31ClN6O2. The number of aromatic nitrogens is 2. The molecule has 0 bridgehead atoms. The molecule has 32 heavy (non-hydrogen) atoms. The Labute approximate surface area is 194 Å². The van der Waals surface area contributed by atoms with E-state index < -0.39 is 6.04 Å². The molecule has 0 radical (unpaired) electrons. The van der Waals surface area contributed by atoms with Gasteiger partial charge in [0.25, 0.3) is 5.91 Å². The topological polar surface area (TPSA) is 90.5 Å². The van der Waals surface area contributed by atoms with Crippen molar-refractivity contribution < 1.29 is 9.59 Å². The van der Waals surface area contributed by atoms with Crippen LogP contribution in [0.4, 0.5) is 5.95 Å². The largest absolute Gasteiger partial charge is 0.354 e. The van der Waals surface area contributed by atoms with Crippen LogP contribution in [0.5, 0.6) is 0 Å². The average Bonchev–Trinajstić information content (AvgIpc) is 2.81. The Morgan fingerprint density at radius 1 is 1.06 bits per heavy atom. The van der Waals surface area contributed by atoms with Crippen LogP contribution in [0.3, 0.4) is 0 Å². The molecule has 2 N–H and O–H groups in total. The summed E-state index contributed by atoms with van der Waals surface area (Å²) in [5.74, 6) is 0.212. The van der Waals surface area contributed by atoms with Gasteiger partial charge in [0, 0.05) is 45.1 Å². The first kappa shape index (κ1) is 23.9. The number of hydrogen-bond donors (Lipinski definition) is 2. The van der Waals surface area contributed by atoms with Gasteiger partial charge in [0.15, 0.2) is 0 Å². The molecule has 9 heteroatoms. The summed E-state index contributed by atoms with van der Waals surface area (Å²) in [4.78, 5) is 38.4. The van der Waals surface area contributed by atoms with Gasteiger partial charge < -0.3 is 15.5 Å². The number of nitrogens with one attached hydrogen (secondary N) is 2. The summed E-state index contributed by atoms with van der Waals surface area (Å²) < 4.78 is 0. The van der Waals surface area contributed by atoms with Crippen molar-refractivity contribution in [1.29, 1.82) is 0 Å². The average molecular weight is 459 g/mol. The van der Waals surface area contributed by atoms with Gasteiger partial charge >= 0.3 is 0 Å². The smallest absolute Gasteiger partial charge is 0.253 e. The molecule has 0 spiro atoms. The maximum Gasteiger partial charge on any atom is 0.253 e. The van der Waals surface area contributed by atoms with E-state index >= 15 is 0 Å². The maximum absolute atomic E-state index is 12.7. The standard InChI is InChI=1S/C23H31ClN6O2/c1-17(2)20(28-21(31)18-7-3-4-8-19(18)24)22(32)25-11-6-12-29-13-15-30(16-14-29)23-26-9-5-10-27-23/h3-5,7-10,17,20H,6,11-16H2,1-2H3,(H,25,32)(H,28,31). The van der Waals surface area contributed by atoms with E-state index in [1.165, 1.54) is 0 Å². The van der Waals surface area contributed by atoms with E-state index in [1.807, 2.05) is 19.9 Å². The SMILES string of the molecule is CC(C)C(NC(=O)c1ccccc1Cl)C(=O)NCCCN1CCN(c2ncccn2)CC1. The molecule has 1 atom stereocenters. The summed E-state index contributed by atoms with van der Waals surface area (Å²) >= 11 is 6.11. The zero-order valence-corrected chi connectivity index (χ0v) is 19.4. The summed E-state index contributed by atoms with van der Waals surface area (Å²) in [5.41, 5.74) is 0.368. The Bertz CT molecular complexity index is 887. The highest BCUT2D eigenvalue weighted by atomic mass is 35.5. The van der Waals surface area contributed by atoms with Gasteiger partial charge in [-0.15, -0.1) is 0 Å². The van der Waals surface area contributed by atoms with Crippen molar-refractivity contribution in [2.75, 3.05) is 44.2 Å². The van der Waals surface area contributed by atoms with Crippen molar-refractivity contribution in [1.82, 2.24) is 25.5 Å². The van der Waals surface area contributed by atoms with Gasteiger partial charge in [-0.25, -0.2) is 9.97 Å². The minimum atomic E-state index is -0.617. The molecule has 0 saturated carbocycles. The van der Waals surface area contributed by atoms with E-state index in [-0.39, 0.29) is 17.7 Å². The lowest BCUT2D eigenvalue weighted by atomic mass is 10.0. The van der Waals surface area contributed by atoms with Gasteiger partial charge in [-0.1, -0.05) is 37.6 Å². The van der Waals surface area contributed by atoms with Gasteiger partial charge in [-0.3, -0.25) is 14.5 Å². The zero-order valence-electron chi connectivity index (χ0n) is 18.6. The number of halogens is 1. The number of benzene rings is 1. The van der Waals surface area contributed by atoms with Crippen molar-refractivity contribution in [2.45, 2.75) is 26.3 Å². The Hall–Kier alpha value is -2.71. The molecule has 1 aromatic heterocycles. The Kier molecular flexibility index (Phi) is 8.81. The number of rotatable bonds is 9. The first-order valence-electron chi connectivity index (χ1n) is 11.0. The molecular weight excluding hydrogens is 428 g/mol. The van der Waals surface area contributed by atoms with E-state index in [1.54, 1.807) is 36.7 Å². The van der Waals surface area contributed by atoms with Crippen molar-refractivity contribution >= 4 is 29.4 Å². The summed E-state index contributed by atoms with van der Waals surface area (Å²) in [6.07, 6.45) is 4.37. The first-order chi connectivity index (χ1) is 15.5. The minimum Gasteiger partial charge on any atom is -0.354 e. The first-order valence-corrected chi connectivity index (χ1v) is 11.4. The van der Waals surface area contributed by atoms with Crippen molar-refractivity contribution in [3.8, 4) is 0 Å². The predicted octanol–water partition coefficient (Wildman–Crippen LogP) is 2.21. The number of carbonyl (C=O) groups excluding carboxylic acids is 2. The van der Waals surface area contributed by atoms with E-state index in [0.29, 0.717) is 17.1 Å². The minimum absolute atomic E-state index is 0.0466. The lowest BCUT2D eigenvalue weighted by Crippen LogP contribution is -2.50. The molecule has 2 heterocycles. The van der Waals surface area contributed by atoms with Gasteiger partial charge in [0.2, 0.25) is 11.9 Å².